The Morgan fingerprint density at radius 1 is 1.46 bits per heavy atom. The molecule has 0 bridgehead atoms. The third-order valence-corrected chi connectivity index (χ3v) is 4.30. The molecule has 1 aromatic heterocycles. The highest BCUT2D eigenvalue weighted by Gasteiger charge is 2.37. The molecule has 0 aromatic carbocycles. The maximum absolute atomic E-state index is 13.0. The van der Waals surface area contributed by atoms with Gasteiger partial charge in [0.15, 0.2) is 11.7 Å². The van der Waals surface area contributed by atoms with Gasteiger partial charge in [0.05, 0.1) is 6.61 Å². The molecule has 1 unspecified atom stereocenters. The van der Waals surface area contributed by atoms with E-state index in [0.29, 0.717) is 32.1 Å². The van der Waals surface area contributed by atoms with Gasteiger partial charge in [-0.25, -0.2) is 0 Å². The first-order chi connectivity index (χ1) is 11.8. The highest BCUT2D eigenvalue weighted by Crippen LogP contribution is 2.32. The lowest BCUT2D eigenvalue weighted by Gasteiger charge is -2.27. The minimum absolute atomic E-state index is 0. The molecule has 2 rings (SSSR count). The molecule has 1 aliphatic heterocycles. The van der Waals surface area contributed by atoms with Crippen LogP contribution in [0.5, 0.6) is 0 Å². The third kappa shape index (κ3) is 5.98. The van der Waals surface area contributed by atoms with E-state index in [9.17, 15) is 18.3 Å². The number of guanidine groups is 1. The van der Waals surface area contributed by atoms with Crippen molar-refractivity contribution in [2.24, 2.45) is 17.5 Å². The van der Waals surface area contributed by atoms with E-state index >= 15 is 0 Å². The molecule has 26 heavy (non-hydrogen) atoms. The first kappa shape index (κ1) is 23.0. The maximum atomic E-state index is 13.0. The van der Waals surface area contributed by atoms with Crippen molar-refractivity contribution < 1.29 is 23.0 Å². The van der Waals surface area contributed by atoms with E-state index in [2.05, 4.69) is 20.7 Å². The van der Waals surface area contributed by atoms with Crippen molar-refractivity contribution in [2.75, 3.05) is 33.4 Å². The van der Waals surface area contributed by atoms with Crippen molar-refractivity contribution in [3.05, 3.63) is 17.5 Å². The number of aromatic nitrogens is 2. The number of aliphatic imine (C=N–C) groups is 1. The Balaban J connectivity index is 0.00000338. The molecule has 0 spiro atoms. The van der Waals surface area contributed by atoms with Crippen LogP contribution in [0.15, 0.2) is 11.2 Å². The summed E-state index contributed by atoms with van der Waals surface area (Å²) in [6, 6.07) is 0. The van der Waals surface area contributed by atoms with Crippen molar-refractivity contribution in [3.8, 4) is 0 Å². The second-order valence-corrected chi connectivity index (χ2v) is 6.23. The quantitative estimate of drug-likeness (QED) is 0.320. The van der Waals surface area contributed by atoms with E-state index in [1.807, 2.05) is 0 Å². The fourth-order valence-electron chi connectivity index (χ4n) is 2.89. The largest absolute Gasteiger partial charge is 0.435 e. The van der Waals surface area contributed by atoms with Crippen LogP contribution in [0.1, 0.15) is 24.1 Å². The van der Waals surface area contributed by atoms with Gasteiger partial charge in [0, 0.05) is 57.6 Å². The standard InChI is InChI=1S/C15H24F3N5O2.HI/c1-19-13(21-9-14(3-5-24)4-6-25-10-14)20-7-11-8-23(2)22-12(11)15(16,17)18;/h8,24H,3-7,9-10H2,1-2H3,(H2,19,20,21);1H. The van der Waals surface area contributed by atoms with Gasteiger partial charge in [0.2, 0.25) is 0 Å². The van der Waals surface area contributed by atoms with Crippen LogP contribution in [-0.2, 0) is 24.5 Å². The summed E-state index contributed by atoms with van der Waals surface area (Å²) >= 11 is 0. The number of aliphatic hydroxyl groups excluding tert-OH is 1. The van der Waals surface area contributed by atoms with Gasteiger partial charge in [0.25, 0.3) is 0 Å². The smallest absolute Gasteiger partial charge is 0.396 e. The van der Waals surface area contributed by atoms with Crippen LogP contribution in [0, 0.1) is 5.41 Å². The second-order valence-electron chi connectivity index (χ2n) is 6.23. The van der Waals surface area contributed by atoms with Crippen molar-refractivity contribution in [2.45, 2.75) is 25.6 Å². The molecule has 2 heterocycles. The zero-order chi connectivity index (χ0) is 18.5. The Labute approximate surface area is 167 Å². The molecule has 1 atom stereocenters. The Bertz CT molecular complexity index is 601. The van der Waals surface area contributed by atoms with E-state index in [4.69, 9.17) is 4.74 Å². The summed E-state index contributed by atoms with van der Waals surface area (Å²) in [4.78, 5) is 4.04. The summed E-state index contributed by atoms with van der Waals surface area (Å²) in [5.74, 6) is 0.390. The van der Waals surface area contributed by atoms with E-state index in [1.54, 1.807) is 7.05 Å². The molecular weight excluding hydrogens is 466 g/mol. The maximum Gasteiger partial charge on any atom is 0.435 e. The summed E-state index contributed by atoms with van der Waals surface area (Å²) in [7, 11) is 3.00. The fraction of sp³-hybridized carbons (Fsp3) is 0.733. The molecule has 150 valence electrons. The molecular formula is C15H25F3IN5O2. The van der Waals surface area contributed by atoms with Crippen molar-refractivity contribution in [1.29, 1.82) is 0 Å². The molecule has 0 aliphatic carbocycles. The Morgan fingerprint density at radius 3 is 2.73 bits per heavy atom. The van der Waals surface area contributed by atoms with Crippen LogP contribution in [-0.4, -0.2) is 54.3 Å². The van der Waals surface area contributed by atoms with Crippen LogP contribution in [0.25, 0.3) is 0 Å². The molecule has 1 fully saturated rings. The number of aryl methyl sites for hydroxylation is 1. The van der Waals surface area contributed by atoms with Gasteiger partial charge in [0.1, 0.15) is 0 Å². The minimum Gasteiger partial charge on any atom is -0.396 e. The average Bonchev–Trinajstić information content (AvgIpc) is 3.15. The Morgan fingerprint density at radius 2 is 2.19 bits per heavy atom. The molecule has 3 N–H and O–H groups in total. The number of alkyl halides is 3. The lowest BCUT2D eigenvalue weighted by atomic mass is 9.84. The van der Waals surface area contributed by atoms with Gasteiger partial charge in [-0.05, 0) is 12.8 Å². The van der Waals surface area contributed by atoms with Gasteiger partial charge < -0.3 is 20.5 Å². The number of ether oxygens (including phenoxy) is 1. The van der Waals surface area contributed by atoms with Gasteiger partial charge in [-0.3, -0.25) is 9.67 Å². The van der Waals surface area contributed by atoms with Crippen LogP contribution < -0.4 is 10.6 Å². The number of halogens is 4. The van der Waals surface area contributed by atoms with Crippen molar-refractivity contribution >= 4 is 29.9 Å². The second kappa shape index (κ2) is 9.74. The topological polar surface area (TPSA) is 83.7 Å². The predicted octanol–water partition coefficient (Wildman–Crippen LogP) is 1.51. The molecule has 0 saturated carbocycles. The molecule has 1 saturated heterocycles. The van der Waals surface area contributed by atoms with E-state index in [0.717, 1.165) is 11.1 Å². The van der Waals surface area contributed by atoms with Crippen LogP contribution in [0.4, 0.5) is 13.2 Å². The average molecular weight is 491 g/mol. The Hall–Kier alpha value is -1.08. The van der Waals surface area contributed by atoms with Gasteiger partial charge >= 0.3 is 6.18 Å². The van der Waals surface area contributed by atoms with Crippen LogP contribution in [0.3, 0.4) is 0 Å². The fourth-order valence-corrected chi connectivity index (χ4v) is 2.89. The first-order valence-corrected chi connectivity index (χ1v) is 8.02. The Kier molecular flexibility index (Phi) is 8.60. The zero-order valence-electron chi connectivity index (χ0n) is 14.8. The molecule has 1 aromatic rings. The van der Waals surface area contributed by atoms with Crippen molar-refractivity contribution in [3.63, 3.8) is 0 Å². The summed E-state index contributed by atoms with van der Waals surface area (Å²) in [5, 5.41) is 18.7. The third-order valence-electron chi connectivity index (χ3n) is 4.30. The van der Waals surface area contributed by atoms with E-state index in [1.165, 1.54) is 13.2 Å². The summed E-state index contributed by atoms with van der Waals surface area (Å²) in [6.45, 7) is 1.71. The summed E-state index contributed by atoms with van der Waals surface area (Å²) in [6.07, 6.45) is -1.75. The van der Waals surface area contributed by atoms with Crippen LogP contribution in [0.2, 0.25) is 0 Å². The number of hydrogen-bond acceptors (Lipinski definition) is 4. The van der Waals surface area contributed by atoms with E-state index < -0.39 is 11.9 Å². The number of nitrogens with one attached hydrogen (secondary N) is 2. The van der Waals surface area contributed by atoms with Crippen molar-refractivity contribution in [1.82, 2.24) is 20.4 Å². The monoisotopic (exact) mass is 491 g/mol. The summed E-state index contributed by atoms with van der Waals surface area (Å²) < 4.78 is 45.5. The lowest BCUT2D eigenvalue weighted by molar-refractivity contribution is -0.142. The van der Waals surface area contributed by atoms with E-state index in [-0.39, 0.29) is 48.1 Å². The first-order valence-electron chi connectivity index (χ1n) is 8.02. The molecule has 0 amide bonds. The number of aliphatic hydroxyl groups is 1. The zero-order valence-corrected chi connectivity index (χ0v) is 17.1. The lowest BCUT2D eigenvalue weighted by Crippen LogP contribution is -2.44. The SMILES string of the molecule is CN=C(NCc1cn(C)nc1C(F)(F)F)NCC1(CCO)CCOC1.I. The van der Waals surface area contributed by atoms with Crippen LogP contribution >= 0.6 is 24.0 Å². The normalized spacial score (nSPS) is 20.8. The number of nitrogens with zero attached hydrogens (tertiary/aromatic N) is 3. The van der Waals surface area contributed by atoms with Gasteiger partial charge in [-0.15, -0.1) is 24.0 Å². The number of rotatable bonds is 6. The highest BCUT2D eigenvalue weighted by molar-refractivity contribution is 14.0. The molecule has 0 radical (unpaired) electrons. The molecule has 7 nitrogen and oxygen atoms in total. The predicted molar refractivity (Wildman–Crippen MR) is 101 cm³/mol. The summed E-state index contributed by atoms with van der Waals surface area (Å²) in [5.41, 5.74) is -1.04. The van der Waals surface area contributed by atoms with Gasteiger partial charge in [-0.1, -0.05) is 0 Å². The number of hydrogen-bond donors (Lipinski definition) is 3. The minimum atomic E-state index is -4.50. The molecule has 11 heteroatoms. The highest BCUT2D eigenvalue weighted by atomic mass is 127. The molecule has 1 aliphatic rings. The van der Waals surface area contributed by atoms with Gasteiger partial charge in [-0.2, -0.15) is 18.3 Å².